The van der Waals surface area contributed by atoms with E-state index in [0.29, 0.717) is 5.78 Å². The Morgan fingerprint density at radius 3 is 2.83 bits per heavy atom. The lowest BCUT2D eigenvalue weighted by Crippen LogP contribution is -2.23. The van der Waals surface area contributed by atoms with Gasteiger partial charge in [0.05, 0.1) is 0 Å². The van der Waals surface area contributed by atoms with E-state index in [2.05, 4.69) is 26.0 Å². The zero-order chi connectivity index (χ0) is 8.77. The lowest BCUT2D eigenvalue weighted by atomic mass is 9.73. The highest BCUT2D eigenvalue weighted by Crippen LogP contribution is 2.42. The first kappa shape index (κ1) is 7.78. The van der Waals surface area contributed by atoms with Gasteiger partial charge in [-0.3, -0.25) is 4.79 Å². The molecule has 1 nitrogen and oxygen atoms in total. The van der Waals surface area contributed by atoms with Gasteiger partial charge in [-0.2, -0.15) is 0 Å². The van der Waals surface area contributed by atoms with Gasteiger partial charge in [-0.1, -0.05) is 26.0 Å². The maximum atomic E-state index is 11.5. The molecule has 2 aliphatic carbocycles. The minimum Gasteiger partial charge on any atom is -0.295 e. The molecule has 0 heterocycles. The van der Waals surface area contributed by atoms with E-state index >= 15 is 0 Å². The second-order valence-corrected chi connectivity index (χ2v) is 4.31. The Hall–Kier alpha value is -0.850. The van der Waals surface area contributed by atoms with Gasteiger partial charge in [-0.15, -0.1) is 0 Å². The summed E-state index contributed by atoms with van der Waals surface area (Å²) in [6.07, 6.45) is 6.86. The average Bonchev–Trinajstić information content (AvgIpc) is 2.46. The van der Waals surface area contributed by atoms with Gasteiger partial charge in [-0.05, 0) is 23.8 Å². The van der Waals surface area contributed by atoms with Crippen LogP contribution in [0.1, 0.15) is 33.1 Å². The third kappa shape index (κ3) is 0.961. The van der Waals surface area contributed by atoms with Crippen LogP contribution in [0.4, 0.5) is 0 Å². The van der Waals surface area contributed by atoms with Crippen LogP contribution in [0, 0.1) is 5.41 Å². The zero-order valence-electron chi connectivity index (χ0n) is 7.68. The van der Waals surface area contributed by atoms with Gasteiger partial charge in [-0.25, -0.2) is 0 Å². The van der Waals surface area contributed by atoms with Crippen molar-refractivity contribution in [3.05, 3.63) is 23.3 Å². The highest BCUT2D eigenvalue weighted by atomic mass is 16.1. The molecule has 1 heteroatoms. The number of hydrogen-bond acceptors (Lipinski definition) is 1. The van der Waals surface area contributed by atoms with Gasteiger partial charge in [0.25, 0.3) is 0 Å². The fourth-order valence-electron chi connectivity index (χ4n) is 2.11. The van der Waals surface area contributed by atoms with Crippen molar-refractivity contribution in [1.29, 1.82) is 0 Å². The molecule has 0 aromatic carbocycles. The summed E-state index contributed by atoms with van der Waals surface area (Å²) in [5, 5.41) is 0. The number of allylic oxidation sites excluding steroid dienone is 4. The van der Waals surface area contributed by atoms with E-state index in [9.17, 15) is 4.79 Å². The number of Topliss-reactive ketones (excluding diaryl/α,β-unsaturated/α-hetero) is 1. The van der Waals surface area contributed by atoms with Gasteiger partial charge in [0.15, 0.2) is 5.78 Å². The molecule has 2 rings (SSSR count). The number of ketones is 1. The molecule has 2 aliphatic rings. The maximum absolute atomic E-state index is 11.5. The Morgan fingerprint density at radius 2 is 2.17 bits per heavy atom. The molecule has 0 aromatic heterocycles. The fourth-order valence-corrected chi connectivity index (χ4v) is 2.11. The molecular weight excluding hydrogens is 148 g/mol. The number of carbonyl (C=O) groups excluding carboxylic acids is 1. The van der Waals surface area contributed by atoms with E-state index in [4.69, 9.17) is 0 Å². The molecule has 0 saturated carbocycles. The van der Waals surface area contributed by atoms with Crippen LogP contribution in [0.5, 0.6) is 0 Å². The van der Waals surface area contributed by atoms with Crippen LogP contribution < -0.4 is 0 Å². The monoisotopic (exact) mass is 162 g/mol. The van der Waals surface area contributed by atoms with Crippen LogP contribution in [0.2, 0.25) is 0 Å². The molecule has 0 radical (unpaired) electrons. The topological polar surface area (TPSA) is 17.1 Å². The number of hydrogen-bond donors (Lipinski definition) is 0. The van der Waals surface area contributed by atoms with Gasteiger partial charge in [0.2, 0.25) is 0 Å². The van der Waals surface area contributed by atoms with Crippen LogP contribution in [0.3, 0.4) is 0 Å². The predicted molar refractivity (Wildman–Crippen MR) is 48.8 cm³/mol. The third-order valence-electron chi connectivity index (χ3n) is 2.97. The van der Waals surface area contributed by atoms with Crippen LogP contribution in [0.25, 0.3) is 0 Å². The van der Waals surface area contributed by atoms with Crippen LogP contribution in [-0.4, -0.2) is 5.78 Å². The minimum absolute atomic E-state index is 0.232. The van der Waals surface area contributed by atoms with E-state index in [-0.39, 0.29) is 5.41 Å². The van der Waals surface area contributed by atoms with Crippen molar-refractivity contribution in [3.8, 4) is 0 Å². The van der Waals surface area contributed by atoms with Gasteiger partial charge in [0, 0.05) is 12.0 Å². The smallest absolute Gasteiger partial charge is 0.159 e. The van der Waals surface area contributed by atoms with Crippen molar-refractivity contribution in [2.45, 2.75) is 33.1 Å². The highest BCUT2D eigenvalue weighted by Gasteiger charge is 2.33. The molecule has 12 heavy (non-hydrogen) atoms. The van der Waals surface area contributed by atoms with Gasteiger partial charge in [0.1, 0.15) is 0 Å². The van der Waals surface area contributed by atoms with E-state index in [1.807, 2.05) is 0 Å². The molecule has 0 unspecified atom stereocenters. The second-order valence-electron chi connectivity index (χ2n) is 4.31. The molecule has 0 amide bonds. The molecule has 64 valence electrons. The summed E-state index contributed by atoms with van der Waals surface area (Å²) in [7, 11) is 0. The standard InChI is InChI=1S/C11H14O/c1-11(2)7-6-10(12)8-4-3-5-9(8)11/h3,5H,4,6-7H2,1-2H3. The average molecular weight is 162 g/mol. The van der Waals surface area contributed by atoms with Crippen LogP contribution >= 0.6 is 0 Å². The SMILES string of the molecule is CC1(C)CCC(=O)C2=C1C=CC2. The van der Waals surface area contributed by atoms with Gasteiger partial charge < -0.3 is 0 Å². The lowest BCUT2D eigenvalue weighted by molar-refractivity contribution is -0.116. The zero-order valence-corrected chi connectivity index (χ0v) is 7.68. The predicted octanol–water partition coefficient (Wildman–Crippen LogP) is 2.63. The first-order valence-corrected chi connectivity index (χ1v) is 4.55. The van der Waals surface area contributed by atoms with Crippen LogP contribution in [0.15, 0.2) is 23.3 Å². The molecular formula is C11H14O. The maximum Gasteiger partial charge on any atom is 0.159 e. The summed E-state index contributed by atoms with van der Waals surface area (Å²) in [4.78, 5) is 11.5. The molecule has 0 N–H and O–H groups in total. The number of rotatable bonds is 0. The van der Waals surface area contributed by atoms with Crippen molar-refractivity contribution in [2.24, 2.45) is 5.41 Å². The normalized spacial score (nSPS) is 26.3. The lowest BCUT2D eigenvalue weighted by Gasteiger charge is -2.30. The Kier molecular flexibility index (Phi) is 1.50. The van der Waals surface area contributed by atoms with Crippen molar-refractivity contribution in [3.63, 3.8) is 0 Å². The van der Waals surface area contributed by atoms with Crippen molar-refractivity contribution >= 4 is 5.78 Å². The molecule has 0 atom stereocenters. The van der Waals surface area contributed by atoms with E-state index < -0.39 is 0 Å². The largest absolute Gasteiger partial charge is 0.295 e. The first-order valence-electron chi connectivity index (χ1n) is 4.55. The highest BCUT2D eigenvalue weighted by molar-refractivity contribution is 5.98. The summed E-state index contributed by atoms with van der Waals surface area (Å²) in [5.74, 6) is 0.370. The Labute approximate surface area is 73.2 Å². The van der Waals surface area contributed by atoms with Gasteiger partial charge >= 0.3 is 0 Å². The summed E-state index contributed by atoms with van der Waals surface area (Å²) >= 11 is 0. The summed E-state index contributed by atoms with van der Waals surface area (Å²) in [6.45, 7) is 4.45. The molecule has 0 aromatic rings. The quantitative estimate of drug-likeness (QED) is 0.535. The molecule has 0 saturated heterocycles. The Balaban J connectivity index is 2.48. The van der Waals surface area contributed by atoms with E-state index in [0.717, 1.165) is 24.8 Å². The minimum atomic E-state index is 0.232. The molecule has 0 spiro atoms. The van der Waals surface area contributed by atoms with E-state index in [1.165, 1.54) is 5.57 Å². The van der Waals surface area contributed by atoms with Crippen LogP contribution in [-0.2, 0) is 4.79 Å². The Morgan fingerprint density at radius 1 is 1.42 bits per heavy atom. The number of carbonyl (C=O) groups is 1. The van der Waals surface area contributed by atoms with Crippen molar-refractivity contribution in [1.82, 2.24) is 0 Å². The summed E-state index contributed by atoms with van der Waals surface area (Å²) in [6, 6.07) is 0. The molecule has 0 bridgehead atoms. The first-order chi connectivity index (χ1) is 5.61. The second kappa shape index (κ2) is 2.32. The molecule has 0 aliphatic heterocycles. The fraction of sp³-hybridized carbons (Fsp3) is 0.545. The Bertz CT molecular complexity index is 292. The third-order valence-corrected chi connectivity index (χ3v) is 2.97. The summed E-state index contributed by atoms with van der Waals surface area (Å²) in [5.41, 5.74) is 2.60. The summed E-state index contributed by atoms with van der Waals surface area (Å²) < 4.78 is 0. The van der Waals surface area contributed by atoms with Crippen molar-refractivity contribution in [2.75, 3.05) is 0 Å². The van der Waals surface area contributed by atoms with Crippen molar-refractivity contribution < 1.29 is 4.79 Å². The molecule has 0 fully saturated rings. The van der Waals surface area contributed by atoms with E-state index in [1.54, 1.807) is 0 Å².